The molecular formula is C11H12N3O3. The Kier molecular flexibility index (Phi) is 3.95. The molecule has 1 rings (SSSR count). The molecule has 0 aromatic heterocycles. The lowest BCUT2D eigenvalue weighted by molar-refractivity contribution is -0.122. The van der Waals surface area contributed by atoms with E-state index in [2.05, 4.69) is 0 Å². The summed E-state index contributed by atoms with van der Waals surface area (Å²) < 4.78 is 0. The number of rotatable bonds is 5. The molecule has 1 aromatic rings. The van der Waals surface area contributed by atoms with Gasteiger partial charge in [-0.3, -0.25) is 14.4 Å². The fourth-order valence-corrected chi connectivity index (χ4v) is 1.29. The number of Topliss-reactive ketones (excluding diaryl/α,β-unsaturated/α-hetero) is 2. The smallest absolute Gasteiger partial charge is 0.232 e. The minimum Gasteiger partial charge on any atom is -0.398 e. The Morgan fingerprint density at radius 1 is 1.24 bits per heavy atom. The lowest BCUT2D eigenvalue weighted by atomic mass is 9.99. The number of hydrogen-bond acceptors (Lipinski definition) is 4. The van der Waals surface area contributed by atoms with Gasteiger partial charge in [0.15, 0.2) is 0 Å². The minimum atomic E-state index is -1.47. The topological polar surface area (TPSA) is 127 Å². The largest absolute Gasteiger partial charge is 0.398 e. The number of nitrogen functional groups attached to an aromatic ring is 1. The summed E-state index contributed by atoms with van der Waals surface area (Å²) in [4.78, 5) is 33.8. The molecule has 89 valence electrons. The first-order valence-corrected chi connectivity index (χ1v) is 4.86. The molecule has 0 aliphatic carbocycles. The molecule has 1 aromatic carbocycles. The molecule has 0 bridgehead atoms. The van der Waals surface area contributed by atoms with E-state index in [0.717, 1.165) is 0 Å². The van der Waals surface area contributed by atoms with E-state index in [1.807, 2.05) is 0 Å². The number of hydrogen-bond donors (Lipinski definition) is 2. The van der Waals surface area contributed by atoms with Crippen molar-refractivity contribution in [2.75, 3.05) is 5.73 Å². The Balaban J connectivity index is 2.87. The van der Waals surface area contributed by atoms with E-state index < -0.39 is 29.9 Å². The normalized spacial score (nSPS) is 11.8. The summed E-state index contributed by atoms with van der Waals surface area (Å²) in [5.41, 5.74) is 17.9. The minimum absolute atomic E-state index is 0.0409. The highest BCUT2D eigenvalue weighted by atomic mass is 16.2. The number of benzene rings is 1. The van der Waals surface area contributed by atoms with Crippen molar-refractivity contribution in [3.8, 4) is 0 Å². The van der Waals surface area contributed by atoms with Gasteiger partial charge < -0.3 is 11.5 Å². The van der Waals surface area contributed by atoms with Crippen molar-refractivity contribution in [2.45, 2.75) is 12.5 Å². The van der Waals surface area contributed by atoms with Crippen LogP contribution in [0, 0.1) is 0 Å². The zero-order valence-corrected chi connectivity index (χ0v) is 8.97. The molecule has 0 heterocycles. The first-order valence-electron chi connectivity index (χ1n) is 4.86. The predicted octanol–water partition coefficient (Wildman–Crippen LogP) is -0.453. The van der Waals surface area contributed by atoms with Crippen LogP contribution in [0.1, 0.15) is 16.8 Å². The van der Waals surface area contributed by atoms with E-state index in [0.29, 0.717) is 0 Å². The van der Waals surface area contributed by atoms with Gasteiger partial charge in [0.2, 0.25) is 17.5 Å². The quantitative estimate of drug-likeness (QED) is 0.406. The van der Waals surface area contributed by atoms with Crippen LogP contribution in [0.2, 0.25) is 0 Å². The standard InChI is InChI=1S/C11H12N3O3/c12-7-4-2-1-3-6(7)10(16)11(17)8(13)5-9(14)15/h1-4,8,13H,5,12H2,(H2,14,15)/t8-/m0/s1. The van der Waals surface area contributed by atoms with Gasteiger partial charge in [-0.25, -0.2) is 5.73 Å². The van der Waals surface area contributed by atoms with Gasteiger partial charge in [0.25, 0.3) is 0 Å². The molecule has 0 fully saturated rings. The fourth-order valence-electron chi connectivity index (χ4n) is 1.29. The summed E-state index contributed by atoms with van der Waals surface area (Å²) in [6.07, 6.45) is -0.475. The lowest BCUT2D eigenvalue weighted by Crippen LogP contribution is -2.34. The number of nitrogens with two attached hydrogens (primary N) is 2. The van der Waals surface area contributed by atoms with E-state index in [4.69, 9.17) is 17.2 Å². The van der Waals surface area contributed by atoms with E-state index in [9.17, 15) is 14.4 Å². The molecule has 1 amide bonds. The summed E-state index contributed by atoms with van der Waals surface area (Å²) in [5, 5.41) is 0. The molecule has 0 aliphatic rings. The summed E-state index contributed by atoms with van der Waals surface area (Å²) in [6, 6.07) is 4.59. The third-order valence-corrected chi connectivity index (χ3v) is 2.15. The van der Waals surface area contributed by atoms with Crippen molar-refractivity contribution in [3.63, 3.8) is 0 Å². The Labute approximate surface area is 97.8 Å². The van der Waals surface area contributed by atoms with Gasteiger partial charge >= 0.3 is 0 Å². The van der Waals surface area contributed by atoms with E-state index in [-0.39, 0.29) is 11.3 Å². The Morgan fingerprint density at radius 3 is 2.35 bits per heavy atom. The van der Waals surface area contributed by atoms with Crippen LogP contribution in [0.3, 0.4) is 0 Å². The number of ketones is 2. The first-order chi connectivity index (χ1) is 7.93. The van der Waals surface area contributed by atoms with Crippen molar-refractivity contribution < 1.29 is 14.4 Å². The molecule has 6 heteroatoms. The van der Waals surface area contributed by atoms with E-state index in [1.54, 1.807) is 12.1 Å². The van der Waals surface area contributed by atoms with Crippen LogP contribution in [-0.4, -0.2) is 23.5 Å². The third kappa shape index (κ3) is 3.12. The predicted molar refractivity (Wildman–Crippen MR) is 60.9 cm³/mol. The zero-order valence-electron chi connectivity index (χ0n) is 8.97. The summed E-state index contributed by atoms with van der Waals surface area (Å²) in [7, 11) is 0. The Hall–Kier alpha value is -2.21. The summed E-state index contributed by atoms with van der Waals surface area (Å²) in [6.45, 7) is 0. The van der Waals surface area contributed by atoms with Gasteiger partial charge in [-0.2, -0.15) is 0 Å². The van der Waals surface area contributed by atoms with Crippen LogP contribution in [0.4, 0.5) is 5.69 Å². The Bertz CT molecular complexity index is 471. The molecule has 0 saturated heterocycles. The van der Waals surface area contributed by atoms with Gasteiger partial charge in [0, 0.05) is 11.3 Å². The fraction of sp³-hybridized carbons (Fsp3) is 0.182. The molecule has 0 spiro atoms. The van der Waals surface area contributed by atoms with Crippen molar-refractivity contribution in [3.05, 3.63) is 29.8 Å². The molecule has 1 atom stereocenters. The maximum atomic E-state index is 11.7. The van der Waals surface area contributed by atoms with E-state index >= 15 is 0 Å². The molecule has 1 radical (unpaired) electrons. The summed E-state index contributed by atoms with van der Waals surface area (Å²) in [5.74, 6) is -2.65. The Morgan fingerprint density at radius 2 is 1.82 bits per heavy atom. The summed E-state index contributed by atoms with van der Waals surface area (Å²) >= 11 is 0. The molecular weight excluding hydrogens is 222 g/mol. The van der Waals surface area contributed by atoms with Gasteiger partial charge in [-0.15, -0.1) is 0 Å². The molecule has 17 heavy (non-hydrogen) atoms. The highest BCUT2D eigenvalue weighted by Gasteiger charge is 2.26. The zero-order chi connectivity index (χ0) is 13.0. The number of amides is 1. The SMILES string of the molecule is [NH][C@@H](CC(N)=O)C(=O)C(=O)c1ccccc1N. The maximum Gasteiger partial charge on any atom is 0.232 e. The van der Waals surface area contributed by atoms with Crippen LogP contribution >= 0.6 is 0 Å². The van der Waals surface area contributed by atoms with E-state index in [1.165, 1.54) is 12.1 Å². The average Bonchev–Trinajstić information content (AvgIpc) is 2.27. The highest BCUT2D eigenvalue weighted by molar-refractivity contribution is 6.46. The lowest BCUT2D eigenvalue weighted by Gasteiger charge is -2.07. The van der Waals surface area contributed by atoms with Crippen LogP contribution in [0.25, 0.3) is 0 Å². The molecule has 6 nitrogen and oxygen atoms in total. The highest BCUT2D eigenvalue weighted by Crippen LogP contribution is 2.12. The van der Waals surface area contributed by atoms with Crippen LogP contribution < -0.4 is 17.2 Å². The second-order valence-corrected chi connectivity index (χ2v) is 3.50. The monoisotopic (exact) mass is 234 g/mol. The number of carbonyl (C=O) groups excluding carboxylic acids is 3. The number of carbonyl (C=O) groups is 3. The number of nitrogens with one attached hydrogen (secondary N) is 1. The van der Waals surface area contributed by atoms with Gasteiger partial charge in [-0.1, -0.05) is 12.1 Å². The van der Waals surface area contributed by atoms with Crippen molar-refractivity contribution in [1.82, 2.24) is 5.73 Å². The van der Waals surface area contributed by atoms with Crippen LogP contribution in [0.15, 0.2) is 24.3 Å². The van der Waals surface area contributed by atoms with Crippen molar-refractivity contribution in [2.24, 2.45) is 5.73 Å². The van der Waals surface area contributed by atoms with Crippen molar-refractivity contribution >= 4 is 23.2 Å². The first kappa shape index (κ1) is 12.9. The van der Waals surface area contributed by atoms with Crippen LogP contribution in [0.5, 0.6) is 0 Å². The van der Waals surface area contributed by atoms with Crippen LogP contribution in [-0.2, 0) is 9.59 Å². The number of primary amides is 1. The third-order valence-electron chi connectivity index (χ3n) is 2.15. The number of anilines is 1. The van der Waals surface area contributed by atoms with Crippen molar-refractivity contribution in [1.29, 1.82) is 0 Å². The number of para-hydroxylation sites is 1. The average molecular weight is 234 g/mol. The molecule has 0 saturated carbocycles. The van der Waals surface area contributed by atoms with Gasteiger partial charge in [0.1, 0.15) is 0 Å². The van der Waals surface area contributed by atoms with Gasteiger partial charge in [-0.05, 0) is 12.1 Å². The molecule has 5 N–H and O–H groups in total. The maximum absolute atomic E-state index is 11.7. The molecule has 0 aliphatic heterocycles. The van der Waals surface area contributed by atoms with Gasteiger partial charge in [0.05, 0.1) is 12.5 Å². The second-order valence-electron chi connectivity index (χ2n) is 3.50. The second kappa shape index (κ2) is 5.22. The molecule has 0 unspecified atom stereocenters.